The van der Waals surface area contributed by atoms with E-state index in [9.17, 15) is 0 Å². The van der Waals surface area contributed by atoms with Gasteiger partial charge in [-0.3, -0.25) is 9.55 Å². The van der Waals surface area contributed by atoms with Crippen LogP contribution in [-0.2, 0) is 4.74 Å². The van der Waals surface area contributed by atoms with E-state index in [0.29, 0.717) is 29.5 Å². The Balaban J connectivity index is 1.70. The van der Waals surface area contributed by atoms with Crippen molar-refractivity contribution in [3.63, 3.8) is 0 Å². The average molecular weight is 375 g/mol. The van der Waals surface area contributed by atoms with E-state index in [0.717, 1.165) is 11.3 Å². The van der Waals surface area contributed by atoms with Crippen molar-refractivity contribution < 1.29 is 4.74 Å². The summed E-state index contributed by atoms with van der Waals surface area (Å²) in [5, 5.41) is 8.33. The first-order valence-corrected chi connectivity index (χ1v) is 9.08. The maximum atomic E-state index is 6.12. The molecule has 1 aliphatic rings. The second-order valence-electron chi connectivity index (χ2n) is 6.73. The fourth-order valence-electron chi connectivity index (χ4n) is 3.08. The summed E-state index contributed by atoms with van der Waals surface area (Å²) in [6.07, 6.45) is 13.6. The number of hydrogen-bond acceptors (Lipinski definition) is 7. The molecule has 0 aromatic carbocycles. The highest BCUT2D eigenvalue weighted by Crippen LogP contribution is 2.28. The van der Waals surface area contributed by atoms with E-state index >= 15 is 0 Å². The third-order valence-corrected chi connectivity index (χ3v) is 4.30. The molecule has 0 spiro atoms. The quantitative estimate of drug-likeness (QED) is 0.731. The Morgan fingerprint density at radius 3 is 2.96 bits per heavy atom. The lowest BCUT2D eigenvalue weighted by Gasteiger charge is -2.22. The molecule has 1 unspecified atom stereocenters. The monoisotopic (exact) mass is 375 g/mol. The van der Waals surface area contributed by atoms with Gasteiger partial charge >= 0.3 is 0 Å². The average Bonchev–Trinajstić information content (AvgIpc) is 3.18. The second-order valence-corrected chi connectivity index (χ2v) is 6.73. The van der Waals surface area contributed by atoms with Crippen LogP contribution in [-0.4, -0.2) is 41.9 Å². The Kier molecular flexibility index (Phi) is 4.94. The molecule has 1 atom stereocenters. The number of allylic oxidation sites excluding steroid dienone is 2. The van der Waals surface area contributed by atoms with E-state index in [1.165, 1.54) is 0 Å². The van der Waals surface area contributed by atoms with E-state index in [4.69, 9.17) is 10.5 Å². The largest absolute Gasteiger partial charge is 0.382 e. The van der Waals surface area contributed by atoms with Gasteiger partial charge in [-0.2, -0.15) is 0 Å². The Morgan fingerprint density at radius 2 is 2.18 bits per heavy atom. The highest BCUT2D eigenvalue weighted by molar-refractivity contribution is 5.71. The van der Waals surface area contributed by atoms with Crippen LogP contribution in [0.3, 0.4) is 0 Å². The van der Waals surface area contributed by atoms with Crippen molar-refractivity contribution in [2.45, 2.75) is 32.5 Å². The summed E-state index contributed by atoms with van der Waals surface area (Å²) >= 11 is 0. The van der Waals surface area contributed by atoms with Gasteiger partial charge in [0, 0.05) is 30.1 Å². The van der Waals surface area contributed by atoms with Crippen molar-refractivity contribution in [2.75, 3.05) is 5.73 Å². The molecule has 3 aromatic rings. The van der Waals surface area contributed by atoms with Crippen LogP contribution in [0.5, 0.6) is 0 Å². The summed E-state index contributed by atoms with van der Waals surface area (Å²) in [6, 6.07) is 3.77. The maximum absolute atomic E-state index is 6.12. The highest BCUT2D eigenvalue weighted by atomic mass is 16.5. The van der Waals surface area contributed by atoms with E-state index in [-0.39, 0.29) is 12.2 Å². The van der Waals surface area contributed by atoms with E-state index < -0.39 is 0 Å². The van der Waals surface area contributed by atoms with Gasteiger partial charge in [-0.05, 0) is 32.1 Å². The number of nitrogens with two attached hydrogens (primary N) is 1. The van der Waals surface area contributed by atoms with Gasteiger partial charge in [0.05, 0.1) is 24.1 Å². The minimum absolute atomic E-state index is 0.000378. The topological polar surface area (TPSA) is 105 Å². The molecule has 0 fully saturated rings. The Morgan fingerprint density at radius 1 is 1.29 bits per heavy atom. The van der Waals surface area contributed by atoms with Crippen molar-refractivity contribution in [3.05, 3.63) is 55.3 Å². The van der Waals surface area contributed by atoms with Crippen molar-refractivity contribution in [2.24, 2.45) is 0 Å². The van der Waals surface area contributed by atoms with E-state index in [1.54, 1.807) is 24.9 Å². The third kappa shape index (κ3) is 3.67. The Bertz CT molecular complexity index is 1020. The smallest absolute Gasteiger partial charge is 0.190 e. The molecular weight excluding hydrogens is 354 g/mol. The number of anilines is 1. The number of pyridine rings is 1. The maximum Gasteiger partial charge on any atom is 0.190 e. The normalized spacial score (nSPS) is 16.4. The SMILES string of the molecule is CC(C)OC1C=CC=C(n2cnnc2-c2nc(-c3cccnc3)cnc2N)C1. The Hall–Kier alpha value is -3.39. The molecule has 0 amide bonds. The lowest BCUT2D eigenvalue weighted by molar-refractivity contribution is 0.0375. The zero-order valence-electron chi connectivity index (χ0n) is 15.7. The van der Waals surface area contributed by atoms with Crippen LogP contribution in [0.25, 0.3) is 28.5 Å². The molecule has 142 valence electrons. The molecule has 0 radical (unpaired) electrons. The second kappa shape index (κ2) is 7.69. The number of nitrogen functional groups attached to an aromatic ring is 1. The minimum Gasteiger partial charge on any atom is -0.382 e. The Labute approximate surface area is 162 Å². The first-order chi connectivity index (χ1) is 13.6. The van der Waals surface area contributed by atoms with Gasteiger partial charge in [-0.25, -0.2) is 9.97 Å². The van der Waals surface area contributed by atoms with Crippen molar-refractivity contribution >= 4 is 11.5 Å². The number of ether oxygens (including phenoxy) is 1. The van der Waals surface area contributed by atoms with Gasteiger partial charge in [0.15, 0.2) is 17.3 Å². The van der Waals surface area contributed by atoms with Crippen LogP contribution in [0.2, 0.25) is 0 Å². The molecule has 0 saturated heterocycles. The van der Waals surface area contributed by atoms with E-state index in [1.807, 2.05) is 48.8 Å². The molecule has 4 rings (SSSR count). The number of rotatable bonds is 5. The van der Waals surface area contributed by atoms with Crippen LogP contribution in [0.4, 0.5) is 5.82 Å². The minimum atomic E-state index is 0.000378. The number of nitrogens with zero attached hydrogens (tertiary/aromatic N) is 6. The van der Waals surface area contributed by atoms with Crippen LogP contribution in [0.15, 0.2) is 55.3 Å². The zero-order chi connectivity index (χ0) is 19.5. The van der Waals surface area contributed by atoms with Gasteiger partial charge in [-0.15, -0.1) is 10.2 Å². The van der Waals surface area contributed by atoms with Gasteiger partial charge in [-0.1, -0.05) is 12.2 Å². The molecule has 0 aliphatic heterocycles. The summed E-state index contributed by atoms with van der Waals surface area (Å²) in [6.45, 7) is 4.05. The lowest BCUT2D eigenvalue weighted by Crippen LogP contribution is -2.19. The molecule has 28 heavy (non-hydrogen) atoms. The zero-order valence-corrected chi connectivity index (χ0v) is 15.7. The number of hydrogen-bond donors (Lipinski definition) is 1. The molecular formula is C20H21N7O. The third-order valence-electron chi connectivity index (χ3n) is 4.30. The van der Waals surface area contributed by atoms with Gasteiger partial charge in [0.25, 0.3) is 0 Å². The summed E-state index contributed by atoms with van der Waals surface area (Å²) in [5.41, 5.74) is 9.13. The molecule has 3 aromatic heterocycles. The molecule has 1 aliphatic carbocycles. The van der Waals surface area contributed by atoms with Crippen LogP contribution in [0.1, 0.15) is 20.3 Å². The molecule has 0 bridgehead atoms. The fourth-order valence-corrected chi connectivity index (χ4v) is 3.08. The molecule has 8 nitrogen and oxygen atoms in total. The van der Waals surface area contributed by atoms with E-state index in [2.05, 4.69) is 25.1 Å². The van der Waals surface area contributed by atoms with Crippen molar-refractivity contribution in [3.8, 4) is 22.8 Å². The summed E-state index contributed by atoms with van der Waals surface area (Å²) in [7, 11) is 0. The summed E-state index contributed by atoms with van der Waals surface area (Å²) < 4.78 is 7.81. The first kappa shape index (κ1) is 18.0. The molecule has 0 saturated carbocycles. The van der Waals surface area contributed by atoms with Crippen LogP contribution in [0, 0.1) is 0 Å². The summed E-state index contributed by atoms with van der Waals surface area (Å²) in [4.78, 5) is 13.1. The molecule has 2 N–H and O–H groups in total. The van der Waals surface area contributed by atoms with Crippen molar-refractivity contribution in [1.29, 1.82) is 0 Å². The summed E-state index contributed by atoms with van der Waals surface area (Å²) in [5.74, 6) is 0.837. The van der Waals surface area contributed by atoms with Crippen molar-refractivity contribution in [1.82, 2.24) is 29.7 Å². The lowest BCUT2D eigenvalue weighted by atomic mass is 10.1. The van der Waals surface area contributed by atoms with Gasteiger partial charge < -0.3 is 10.5 Å². The van der Waals surface area contributed by atoms with Gasteiger partial charge in [0.2, 0.25) is 0 Å². The van der Waals surface area contributed by atoms with Crippen LogP contribution >= 0.6 is 0 Å². The van der Waals surface area contributed by atoms with Crippen LogP contribution < -0.4 is 5.73 Å². The molecule has 3 heterocycles. The highest BCUT2D eigenvalue weighted by Gasteiger charge is 2.20. The van der Waals surface area contributed by atoms with Gasteiger partial charge in [0.1, 0.15) is 6.33 Å². The first-order valence-electron chi connectivity index (χ1n) is 9.08. The standard InChI is InChI=1S/C20H21N7O/c1-13(2)28-16-7-3-6-15(9-16)27-12-24-26-20(27)18-19(21)23-11-17(25-18)14-5-4-8-22-10-14/h3-8,10-13,16H,9H2,1-2H3,(H2,21,23). The molecule has 8 heteroatoms. The predicted octanol–water partition coefficient (Wildman–Crippen LogP) is 2.97. The predicted molar refractivity (Wildman–Crippen MR) is 107 cm³/mol. The fraction of sp³-hybridized carbons (Fsp3) is 0.250. The number of aromatic nitrogens is 6.